The highest BCUT2D eigenvalue weighted by Gasteiger charge is 2.24. The van der Waals surface area contributed by atoms with E-state index in [4.69, 9.17) is 4.74 Å². The van der Waals surface area contributed by atoms with Crippen LogP contribution in [-0.2, 0) is 4.74 Å². The number of rotatable bonds is 5. The van der Waals surface area contributed by atoms with Crippen LogP contribution in [-0.4, -0.2) is 51.6 Å². The van der Waals surface area contributed by atoms with E-state index in [1.807, 2.05) is 12.1 Å². The van der Waals surface area contributed by atoms with Gasteiger partial charge in [-0.2, -0.15) is 4.98 Å². The highest BCUT2D eigenvalue weighted by atomic mass is 16.5. The largest absolute Gasteiger partial charge is 0.378 e. The molecule has 2 aromatic heterocycles. The number of anilines is 3. The number of carbonyl (C=O) groups is 1. The van der Waals surface area contributed by atoms with Crippen molar-refractivity contribution >= 4 is 34.3 Å². The van der Waals surface area contributed by atoms with Crippen LogP contribution in [0.2, 0.25) is 0 Å². The van der Waals surface area contributed by atoms with E-state index in [9.17, 15) is 9.59 Å². The van der Waals surface area contributed by atoms with Crippen LogP contribution in [0.25, 0.3) is 11.2 Å². The number of Topliss-reactive ketones (excluding diaryl/α,β-unsaturated/α-hetero) is 1. The third kappa shape index (κ3) is 3.95. The molecule has 0 radical (unpaired) electrons. The Balaban J connectivity index is 1.47. The van der Waals surface area contributed by atoms with Crippen LogP contribution in [0.4, 0.5) is 17.3 Å². The minimum Gasteiger partial charge on any atom is -0.378 e. The smallest absolute Gasteiger partial charge is 0.282 e. The molecule has 0 spiro atoms. The van der Waals surface area contributed by atoms with Gasteiger partial charge in [0.15, 0.2) is 17.1 Å². The van der Waals surface area contributed by atoms with Gasteiger partial charge in [0.05, 0.1) is 19.4 Å². The monoisotopic (exact) mass is 434 g/mol. The first-order valence-corrected chi connectivity index (χ1v) is 11.1. The van der Waals surface area contributed by atoms with Crippen molar-refractivity contribution < 1.29 is 9.53 Å². The van der Waals surface area contributed by atoms with Crippen molar-refractivity contribution in [2.24, 2.45) is 0 Å². The zero-order chi connectivity index (χ0) is 22.1. The van der Waals surface area contributed by atoms with Gasteiger partial charge in [0.2, 0.25) is 5.95 Å². The van der Waals surface area contributed by atoms with Gasteiger partial charge in [-0.15, -0.1) is 0 Å². The zero-order valence-corrected chi connectivity index (χ0v) is 18.1. The number of morpholine rings is 1. The number of benzene rings is 1. The first-order valence-electron chi connectivity index (χ1n) is 11.1. The fourth-order valence-corrected chi connectivity index (χ4v) is 4.50. The topological polar surface area (TPSA) is 102 Å². The standard InChI is InChI=1S/C23H26N6O3/c1-15(30)20-22(31)29(18-4-2-3-5-18)21-19(26-20)14-24-23(27-21)25-16-6-8-17(9-7-16)28-10-12-32-13-11-28/h6-9,14,18H,2-5,10-13H2,1H3,(H,24,25,27). The van der Waals surface area contributed by atoms with Gasteiger partial charge in [-0.1, -0.05) is 12.8 Å². The Morgan fingerprint density at radius 1 is 1.09 bits per heavy atom. The molecule has 9 nitrogen and oxygen atoms in total. The van der Waals surface area contributed by atoms with Crippen LogP contribution >= 0.6 is 0 Å². The summed E-state index contributed by atoms with van der Waals surface area (Å²) in [6, 6.07) is 8.12. The number of fused-ring (bicyclic) bond motifs is 1. The SMILES string of the molecule is CC(=O)c1nc2cnc(Nc3ccc(N4CCOCC4)cc3)nc2n(C2CCCC2)c1=O. The molecule has 0 amide bonds. The van der Waals surface area contributed by atoms with Crippen molar-refractivity contribution in [1.82, 2.24) is 19.5 Å². The number of ketones is 1. The molecule has 1 N–H and O–H groups in total. The quantitative estimate of drug-likeness (QED) is 0.611. The van der Waals surface area contributed by atoms with Gasteiger partial charge in [0.25, 0.3) is 5.56 Å². The lowest BCUT2D eigenvalue weighted by Gasteiger charge is -2.28. The Labute approximate surface area is 185 Å². The van der Waals surface area contributed by atoms with Gasteiger partial charge in [0, 0.05) is 37.4 Å². The molecule has 3 heterocycles. The predicted octanol–water partition coefficient (Wildman–Crippen LogP) is 3.08. The number of ether oxygens (including phenoxy) is 1. The van der Waals surface area contributed by atoms with E-state index in [1.54, 1.807) is 10.8 Å². The van der Waals surface area contributed by atoms with Crippen molar-refractivity contribution in [3.8, 4) is 0 Å². The zero-order valence-electron chi connectivity index (χ0n) is 18.1. The molecule has 1 aliphatic heterocycles. The maximum Gasteiger partial charge on any atom is 0.282 e. The second kappa shape index (κ2) is 8.66. The predicted molar refractivity (Wildman–Crippen MR) is 122 cm³/mol. The molecular formula is C23H26N6O3. The van der Waals surface area contributed by atoms with Crippen molar-refractivity contribution in [3.05, 3.63) is 46.5 Å². The number of hydrogen-bond acceptors (Lipinski definition) is 8. The highest BCUT2D eigenvalue weighted by Crippen LogP contribution is 2.30. The minimum absolute atomic E-state index is 0.0293. The molecule has 1 saturated heterocycles. The molecule has 1 aromatic carbocycles. The summed E-state index contributed by atoms with van der Waals surface area (Å²) in [5.74, 6) is 0.0475. The van der Waals surface area contributed by atoms with E-state index in [-0.39, 0.29) is 23.1 Å². The summed E-state index contributed by atoms with van der Waals surface area (Å²) in [5.41, 5.74) is 2.51. The van der Waals surface area contributed by atoms with Gasteiger partial charge in [-0.3, -0.25) is 14.2 Å². The van der Waals surface area contributed by atoms with Crippen molar-refractivity contribution in [2.75, 3.05) is 36.5 Å². The molecule has 32 heavy (non-hydrogen) atoms. The Bertz CT molecular complexity index is 1190. The van der Waals surface area contributed by atoms with E-state index in [0.717, 1.165) is 63.4 Å². The van der Waals surface area contributed by atoms with Crippen molar-refractivity contribution in [2.45, 2.75) is 38.6 Å². The van der Waals surface area contributed by atoms with Crippen LogP contribution < -0.4 is 15.8 Å². The lowest BCUT2D eigenvalue weighted by atomic mass is 10.2. The summed E-state index contributed by atoms with van der Waals surface area (Å²) in [4.78, 5) is 40.6. The minimum atomic E-state index is -0.364. The number of hydrogen-bond donors (Lipinski definition) is 1. The van der Waals surface area contributed by atoms with E-state index in [0.29, 0.717) is 17.1 Å². The average Bonchev–Trinajstić information content (AvgIpc) is 3.34. The van der Waals surface area contributed by atoms with E-state index in [2.05, 4.69) is 37.3 Å². The molecule has 3 aromatic rings. The molecule has 5 rings (SSSR count). The number of nitrogens with one attached hydrogen (secondary N) is 1. The Kier molecular flexibility index (Phi) is 5.57. The van der Waals surface area contributed by atoms with Crippen LogP contribution in [0, 0.1) is 0 Å². The Morgan fingerprint density at radius 2 is 1.81 bits per heavy atom. The van der Waals surface area contributed by atoms with Gasteiger partial charge in [-0.05, 0) is 37.1 Å². The van der Waals surface area contributed by atoms with Gasteiger partial charge in [-0.25, -0.2) is 9.97 Å². The average molecular weight is 435 g/mol. The molecule has 1 aliphatic carbocycles. The van der Waals surface area contributed by atoms with E-state index < -0.39 is 0 Å². The van der Waals surface area contributed by atoms with Crippen LogP contribution in [0.1, 0.15) is 49.1 Å². The lowest BCUT2D eigenvalue weighted by Crippen LogP contribution is -2.36. The van der Waals surface area contributed by atoms with Crippen LogP contribution in [0.15, 0.2) is 35.3 Å². The van der Waals surface area contributed by atoms with E-state index in [1.165, 1.54) is 6.92 Å². The summed E-state index contributed by atoms with van der Waals surface area (Å²) in [6.07, 6.45) is 5.48. The van der Waals surface area contributed by atoms with Gasteiger partial charge < -0.3 is 15.0 Å². The lowest BCUT2D eigenvalue weighted by molar-refractivity contribution is 0.101. The molecule has 0 unspecified atom stereocenters. The third-order valence-electron chi connectivity index (χ3n) is 6.15. The molecule has 9 heteroatoms. The maximum absolute atomic E-state index is 13.1. The maximum atomic E-state index is 13.1. The Hall–Kier alpha value is -3.33. The number of nitrogens with zero attached hydrogens (tertiary/aromatic N) is 5. The van der Waals surface area contributed by atoms with Gasteiger partial charge >= 0.3 is 0 Å². The van der Waals surface area contributed by atoms with Crippen molar-refractivity contribution in [3.63, 3.8) is 0 Å². The summed E-state index contributed by atoms with van der Waals surface area (Å²) >= 11 is 0. The highest BCUT2D eigenvalue weighted by molar-refractivity contribution is 5.93. The molecule has 166 valence electrons. The number of carbonyl (C=O) groups excluding carboxylic acids is 1. The van der Waals surface area contributed by atoms with Crippen LogP contribution in [0.3, 0.4) is 0 Å². The normalized spacial score (nSPS) is 17.1. The summed E-state index contributed by atoms with van der Waals surface area (Å²) in [6.45, 7) is 4.62. The van der Waals surface area contributed by atoms with Gasteiger partial charge in [0.1, 0.15) is 5.52 Å². The first kappa shape index (κ1) is 20.6. The second-order valence-corrected chi connectivity index (χ2v) is 8.30. The van der Waals surface area contributed by atoms with E-state index >= 15 is 0 Å². The summed E-state index contributed by atoms with van der Waals surface area (Å²) < 4.78 is 7.07. The summed E-state index contributed by atoms with van der Waals surface area (Å²) in [7, 11) is 0. The molecule has 0 atom stereocenters. The Morgan fingerprint density at radius 3 is 2.50 bits per heavy atom. The fourth-order valence-electron chi connectivity index (χ4n) is 4.50. The second-order valence-electron chi connectivity index (χ2n) is 8.30. The fraction of sp³-hybridized carbons (Fsp3) is 0.435. The first-order chi connectivity index (χ1) is 15.6. The third-order valence-corrected chi connectivity index (χ3v) is 6.15. The summed E-state index contributed by atoms with van der Waals surface area (Å²) in [5, 5.41) is 3.23. The molecule has 1 saturated carbocycles. The number of aromatic nitrogens is 4. The molecule has 2 aliphatic rings. The molecule has 0 bridgehead atoms. The van der Waals surface area contributed by atoms with Crippen LogP contribution in [0.5, 0.6) is 0 Å². The molecular weight excluding hydrogens is 408 g/mol. The van der Waals surface area contributed by atoms with Crippen molar-refractivity contribution in [1.29, 1.82) is 0 Å². The molecule has 2 fully saturated rings.